The van der Waals surface area contributed by atoms with E-state index in [1.165, 1.54) is 12.0 Å². The molecule has 0 radical (unpaired) electrons. The number of hydrogen-bond acceptors (Lipinski definition) is 4. The van der Waals surface area contributed by atoms with E-state index in [9.17, 15) is 4.79 Å². The summed E-state index contributed by atoms with van der Waals surface area (Å²) in [6.07, 6.45) is 10.1. The third-order valence-corrected chi connectivity index (χ3v) is 5.34. The van der Waals surface area contributed by atoms with Crippen LogP contribution >= 0.6 is 0 Å². The standard InChI is InChI=1S/C20H24N4O/c25-20(10-16-5-8-21-9-6-16)24-14-18-3-4-19(24)15-23(13-18)12-17-2-1-7-22-11-17/h1-2,5-9,11,18-19H,3-4,10,12-15H2/t18-,19+/m1/s1. The van der Waals surface area contributed by atoms with Gasteiger partial charge in [-0.05, 0) is 48.1 Å². The Labute approximate surface area is 148 Å². The highest BCUT2D eigenvalue weighted by Crippen LogP contribution is 2.29. The highest BCUT2D eigenvalue weighted by Gasteiger charge is 2.36. The van der Waals surface area contributed by atoms with Crippen LogP contribution in [0.4, 0.5) is 0 Å². The fraction of sp³-hybridized carbons (Fsp3) is 0.450. The van der Waals surface area contributed by atoms with Gasteiger partial charge >= 0.3 is 0 Å². The number of amides is 1. The van der Waals surface area contributed by atoms with Gasteiger partial charge in [0.05, 0.1) is 6.42 Å². The van der Waals surface area contributed by atoms with Crippen LogP contribution in [0.5, 0.6) is 0 Å². The molecule has 5 heteroatoms. The molecular weight excluding hydrogens is 312 g/mol. The topological polar surface area (TPSA) is 49.3 Å². The van der Waals surface area contributed by atoms with E-state index in [1.54, 1.807) is 12.4 Å². The summed E-state index contributed by atoms with van der Waals surface area (Å²) >= 11 is 0. The number of piperidine rings is 1. The maximum atomic E-state index is 12.9. The van der Waals surface area contributed by atoms with Gasteiger partial charge in [-0.15, -0.1) is 0 Å². The third kappa shape index (κ3) is 3.87. The van der Waals surface area contributed by atoms with Crippen molar-refractivity contribution in [2.75, 3.05) is 19.6 Å². The molecule has 0 unspecified atom stereocenters. The van der Waals surface area contributed by atoms with E-state index in [2.05, 4.69) is 25.8 Å². The number of aromatic nitrogens is 2. The van der Waals surface area contributed by atoms with Gasteiger partial charge in [0.1, 0.15) is 0 Å². The second kappa shape index (κ2) is 7.31. The Balaban J connectivity index is 1.43. The predicted octanol–water partition coefficient (Wildman–Crippen LogP) is 2.14. The molecule has 5 rings (SSSR count). The highest BCUT2D eigenvalue weighted by molar-refractivity contribution is 5.79. The maximum Gasteiger partial charge on any atom is 0.227 e. The van der Waals surface area contributed by atoms with Gasteiger partial charge in [-0.3, -0.25) is 19.7 Å². The summed E-state index contributed by atoms with van der Waals surface area (Å²) in [5, 5.41) is 0. The Morgan fingerprint density at radius 1 is 1.00 bits per heavy atom. The quantitative estimate of drug-likeness (QED) is 0.858. The molecule has 0 spiro atoms. The molecule has 3 saturated heterocycles. The zero-order valence-corrected chi connectivity index (χ0v) is 14.4. The minimum absolute atomic E-state index is 0.254. The molecule has 5 nitrogen and oxygen atoms in total. The molecule has 3 fully saturated rings. The normalized spacial score (nSPS) is 23.4. The molecule has 3 aliphatic heterocycles. The fourth-order valence-corrected chi connectivity index (χ4v) is 4.14. The first kappa shape index (κ1) is 16.2. The van der Waals surface area contributed by atoms with Crippen molar-refractivity contribution in [2.24, 2.45) is 5.92 Å². The summed E-state index contributed by atoms with van der Waals surface area (Å²) in [5.74, 6) is 0.834. The number of carbonyl (C=O) groups is 1. The molecule has 0 saturated carbocycles. The summed E-state index contributed by atoms with van der Waals surface area (Å²) in [7, 11) is 0. The molecule has 0 aliphatic carbocycles. The minimum Gasteiger partial charge on any atom is -0.338 e. The molecule has 2 aromatic heterocycles. The molecule has 1 amide bonds. The molecule has 2 atom stereocenters. The van der Waals surface area contributed by atoms with Crippen molar-refractivity contribution in [1.82, 2.24) is 19.8 Å². The largest absolute Gasteiger partial charge is 0.338 e. The van der Waals surface area contributed by atoms with Crippen molar-refractivity contribution in [1.29, 1.82) is 0 Å². The Morgan fingerprint density at radius 2 is 1.88 bits per heavy atom. The highest BCUT2D eigenvalue weighted by atomic mass is 16.2. The molecule has 5 heterocycles. The van der Waals surface area contributed by atoms with Gasteiger partial charge in [-0.25, -0.2) is 0 Å². The fourth-order valence-electron chi connectivity index (χ4n) is 4.14. The monoisotopic (exact) mass is 336 g/mol. The number of pyridine rings is 2. The first-order chi connectivity index (χ1) is 12.3. The van der Waals surface area contributed by atoms with E-state index in [4.69, 9.17) is 0 Å². The molecular formula is C20H24N4O. The minimum atomic E-state index is 0.254. The Hall–Kier alpha value is -2.27. The lowest BCUT2D eigenvalue weighted by Gasteiger charge is -2.36. The van der Waals surface area contributed by atoms with Crippen LogP contribution in [0.15, 0.2) is 49.1 Å². The second-order valence-corrected chi connectivity index (χ2v) is 7.23. The number of nitrogens with zero attached hydrogens (tertiary/aromatic N) is 4. The lowest BCUT2D eigenvalue weighted by atomic mass is 9.94. The number of hydrogen-bond donors (Lipinski definition) is 0. The van der Waals surface area contributed by atoms with E-state index < -0.39 is 0 Å². The van der Waals surface area contributed by atoms with Crippen LogP contribution in [0.1, 0.15) is 24.0 Å². The Morgan fingerprint density at radius 3 is 2.68 bits per heavy atom. The van der Waals surface area contributed by atoms with Crippen molar-refractivity contribution < 1.29 is 4.79 Å². The van der Waals surface area contributed by atoms with Gasteiger partial charge in [-0.1, -0.05) is 6.07 Å². The van der Waals surface area contributed by atoms with E-state index in [-0.39, 0.29) is 5.91 Å². The summed E-state index contributed by atoms with van der Waals surface area (Å²) in [6, 6.07) is 8.33. The zero-order chi connectivity index (χ0) is 17.1. The van der Waals surface area contributed by atoms with Crippen molar-refractivity contribution >= 4 is 5.91 Å². The summed E-state index contributed by atoms with van der Waals surface area (Å²) in [5.41, 5.74) is 2.30. The van der Waals surface area contributed by atoms with Gasteiger partial charge in [-0.2, -0.15) is 0 Å². The lowest BCUT2D eigenvalue weighted by molar-refractivity contribution is -0.134. The third-order valence-electron chi connectivity index (χ3n) is 5.34. The second-order valence-electron chi connectivity index (χ2n) is 7.23. The van der Waals surface area contributed by atoms with Gasteiger partial charge in [0.25, 0.3) is 0 Å². The molecule has 3 aliphatic rings. The van der Waals surface area contributed by atoms with Crippen LogP contribution in [0.3, 0.4) is 0 Å². The van der Waals surface area contributed by atoms with Crippen LogP contribution < -0.4 is 0 Å². The van der Waals surface area contributed by atoms with Crippen molar-refractivity contribution in [2.45, 2.75) is 31.8 Å². The molecule has 2 bridgehead atoms. The number of rotatable bonds is 4. The van der Waals surface area contributed by atoms with E-state index in [0.717, 1.165) is 38.2 Å². The van der Waals surface area contributed by atoms with Gasteiger partial charge in [0.15, 0.2) is 0 Å². The number of fused-ring (bicyclic) bond motifs is 4. The van der Waals surface area contributed by atoms with Crippen molar-refractivity contribution in [3.05, 3.63) is 60.2 Å². The maximum absolute atomic E-state index is 12.9. The molecule has 130 valence electrons. The van der Waals surface area contributed by atoms with E-state index in [1.807, 2.05) is 30.6 Å². The first-order valence-electron chi connectivity index (χ1n) is 9.07. The van der Waals surface area contributed by atoms with Crippen LogP contribution in [-0.4, -0.2) is 51.4 Å². The first-order valence-corrected chi connectivity index (χ1v) is 9.07. The van der Waals surface area contributed by atoms with Crippen LogP contribution in [0, 0.1) is 5.92 Å². The Kier molecular flexibility index (Phi) is 4.74. The molecule has 2 aromatic rings. The zero-order valence-electron chi connectivity index (χ0n) is 14.4. The molecule has 0 N–H and O–H groups in total. The van der Waals surface area contributed by atoms with Gasteiger partial charge < -0.3 is 4.90 Å². The van der Waals surface area contributed by atoms with Gasteiger partial charge in [0, 0.05) is 57.0 Å². The van der Waals surface area contributed by atoms with Gasteiger partial charge in [0.2, 0.25) is 5.91 Å². The SMILES string of the molecule is O=C(Cc1ccncc1)N1C[C@@H]2CC[C@H]1CN(Cc1cccnc1)C2. The van der Waals surface area contributed by atoms with E-state index in [0.29, 0.717) is 18.4 Å². The van der Waals surface area contributed by atoms with Crippen LogP contribution in [-0.2, 0) is 17.8 Å². The summed E-state index contributed by atoms with van der Waals surface area (Å²) in [4.78, 5) is 25.7. The summed E-state index contributed by atoms with van der Waals surface area (Å²) in [6.45, 7) is 3.86. The smallest absolute Gasteiger partial charge is 0.227 e. The molecule has 25 heavy (non-hydrogen) atoms. The summed E-state index contributed by atoms with van der Waals surface area (Å²) < 4.78 is 0. The number of carbonyl (C=O) groups excluding carboxylic acids is 1. The van der Waals surface area contributed by atoms with Crippen LogP contribution in [0.25, 0.3) is 0 Å². The average Bonchev–Trinajstić information content (AvgIpc) is 2.94. The lowest BCUT2D eigenvalue weighted by Crippen LogP contribution is -2.48. The Bertz CT molecular complexity index is 706. The van der Waals surface area contributed by atoms with Crippen molar-refractivity contribution in [3.63, 3.8) is 0 Å². The average molecular weight is 336 g/mol. The van der Waals surface area contributed by atoms with Crippen molar-refractivity contribution in [3.8, 4) is 0 Å². The molecule has 0 aromatic carbocycles. The van der Waals surface area contributed by atoms with Crippen LogP contribution in [0.2, 0.25) is 0 Å². The van der Waals surface area contributed by atoms with E-state index >= 15 is 0 Å². The predicted molar refractivity (Wildman–Crippen MR) is 95.7 cm³/mol.